The third-order valence-corrected chi connectivity index (χ3v) is 1.72. The number of hydrogen-bond acceptors (Lipinski definition) is 2. The molecule has 0 saturated carbocycles. The van der Waals surface area contributed by atoms with Crippen LogP contribution in [0.1, 0.15) is 0 Å². The fourth-order valence-electron chi connectivity index (χ4n) is 0.401. The number of aromatic nitrogens is 1. The molecule has 0 aliphatic heterocycles. The van der Waals surface area contributed by atoms with E-state index >= 15 is 0 Å². The smallest absolute Gasteiger partial charge is 0.101 e. The van der Waals surface area contributed by atoms with Crippen LogP contribution < -0.4 is 0 Å². The molecule has 1 nitrogen and oxygen atoms in total. The first-order valence-electron chi connectivity index (χ1n) is 2.16. The van der Waals surface area contributed by atoms with Crippen molar-refractivity contribution in [3.8, 4) is 0 Å². The zero-order chi connectivity index (χ0) is 5.82. The predicted molar refractivity (Wildman–Crippen MR) is 37.0 cm³/mol. The molecule has 0 N–H and O–H groups in total. The summed E-state index contributed by atoms with van der Waals surface area (Å²) in [4.78, 5) is 3.98. The molecule has 0 aromatic carbocycles. The van der Waals surface area contributed by atoms with E-state index in [1.165, 1.54) is 11.4 Å². The lowest BCUT2D eigenvalue weighted by molar-refractivity contribution is 1.14. The minimum absolute atomic E-state index is 0.941. The molecule has 0 saturated heterocycles. The van der Waals surface area contributed by atoms with Gasteiger partial charge in [-0.25, -0.2) is 4.98 Å². The highest BCUT2D eigenvalue weighted by molar-refractivity contribution is 8.43. The Balaban J connectivity index is 2.83. The van der Waals surface area contributed by atoms with Crippen LogP contribution in [-0.2, 0) is 0 Å². The molecular weight excluding hydrogens is 137 g/mol. The van der Waals surface area contributed by atoms with Gasteiger partial charge in [0.05, 0.1) is 0 Å². The van der Waals surface area contributed by atoms with E-state index in [1.807, 2.05) is 18.2 Å². The summed E-state index contributed by atoms with van der Waals surface area (Å²) in [7, 11) is 3.96. The van der Waals surface area contributed by atoms with Crippen LogP contribution in [0, 0.1) is 0 Å². The maximum Gasteiger partial charge on any atom is 0.101 e. The summed E-state index contributed by atoms with van der Waals surface area (Å²) in [5.41, 5.74) is 0. The van der Waals surface area contributed by atoms with Crippen molar-refractivity contribution in [1.29, 1.82) is 0 Å². The second kappa shape index (κ2) is 3.06. The van der Waals surface area contributed by atoms with Crippen LogP contribution in [0.2, 0.25) is 0 Å². The fourth-order valence-corrected chi connectivity index (χ4v) is 0.973. The summed E-state index contributed by atoms with van der Waals surface area (Å²) < 4.78 is 0. The lowest BCUT2D eigenvalue weighted by Crippen LogP contribution is -1.69. The Morgan fingerprint density at radius 1 is 1.50 bits per heavy atom. The van der Waals surface area contributed by atoms with Gasteiger partial charge >= 0.3 is 0 Å². The van der Waals surface area contributed by atoms with Crippen LogP contribution in [0.5, 0.6) is 0 Å². The highest BCUT2D eigenvalue weighted by atomic mass is 32.7. The van der Waals surface area contributed by atoms with E-state index in [0.29, 0.717) is 0 Å². The number of hydrogen-bond donors (Lipinski definition) is 0. The zero-order valence-corrected chi connectivity index (χ0v) is 5.82. The van der Waals surface area contributed by atoms with Gasteiger partial charge in [0, 0.05) is 14.6 Å². The first-order chi connectivity index (χ1) is 3.93. The molecule has 0 spiro atoms. The van der Waals surface area contributed by atoms with E-state index in [4.69, 9.17) is 0 Å². The monoisotopic (exact) mass is 141 g/mol. The second-order valence-corrected chi connectivity index (χ2v) is 2.41. The summed E-state index contributed by atoms with van der Waals surface area (Å²) in [5.74, 6) is 0. The Hall–Kier alpha value is -0.0700. The molecule has 8 heavy (non-hydrogen) atoms. The summed E-state index contributed by atoms with van der Waals surface area (Å²) >= 11 is 1.35. The standard InChI is InChI=1S/C5H4NPS/c7-8-5-3-1-2-4-6-5/h1-4H. The summed E-state index contributed by atoms with van der Waals surface area (Å²) in [6.45, 7) is 0. The normalized spacial score (nSPS) is 9.12. The average Bonchev–Trinajstić information content (AvgIpc) is 1.90. The van der Waals surface area contributed by atoms with Gasteiger partial charge in [0.2, 0.25) is 0 Å². The third kappa shape index (κ3) is 1.46. The lowest BCUT2D eigenvalue weighted by atomic mass is 10.5. The maximum atomic E-state index is 3.98. The van der Waals surface area contributed by atoms with E-state index in [2.05, 4.69) is 13.4 Å². The largest absolute Gasteiger partial charge is 0.250 e. The molecule has 0 aliphatic carbocycles. The van der Waals surface area contributed by atoms with Gasteiger partial charge in [-0.05, 0) is 12.1 Å². The molecule has 1 heterocycles. The van der Waals surface area contributed by atoms with Gasteiger partial charge in [0.15, 0.2) is 0 Å². The molecule has 1 aromatic rings. The Labute approximate surface area is 54.9 Å². The van der Waals surface area contributed by atoms with Crippen molar-refractivity contribution in [2.45, 2.75) is 5.03 Å². The SMILES string of the molecule is [P]Sc1ccccn1. The van der Waals surface area contributed by atoms with E-state index in [9.17, 15) is 0 Å². The topological polar surface area (TPSA) is 12.9 Å². The summed E-state index contributed by atoms with van der Waals surface area (Å²) in [6, 6.07) is 5.73. The van der Waals surface area contributed by atoms with Crippen molar-refractivity contribution in [3.63, 3.8) is 0 Å². The summed E-state index contributed by atoms with van der Waals surface area (Å²) in [6.07, 6.45) is 1.75. The van der Waals surface area contributed by atoms with Crippen molar-refractivity contribution in [1.82, 2.24) is 4.98 Å². The van der Waals surface area contributed by atoms with Crippen molar-refractivity contribution < 1.29 is 0 Å². The minimum Gasteiger partial charge on any atom is -0.250 e. The molecule has 40 valence electrons. The van der Waals surface area contributed by atoms with Gasteiger partial charge in [-0.1, -0.05) is 17.4 Å². The van der Waals surface area contributed by atoms with Gasteiger partial charge in [0.1, 0.15) is 5.03 Å². The molecule has 0 aliphatic rings. The summed E-state index contributed by atoms with van der Waals surface area (Å²) in [5, 5.41) is 0.941. The molecule has 0 unspecified atom stereocenters. The molecular formula is C5H4NPS. The first kappa shape index (κ1) is 6.06. The Morgan fingerprint density at radius 2 is 2.38 bits per heavy atom. The number of pyridine rings is 1. The van der Waals surface area contributed by atoms with Gasteiger partial charge in [-0.2, -0.15) is 0 Å². The molecule has 0 amide bonds. The van der Waals surface area contributed by atoms with Crippen LogP contribution in [-0.4, -0.2) is 4.98 Å². The van der Waals surface area contributed by atoms with Crippen LogP contribution in [0.15, 0.2) is 29.4 Å². The zero-order valence-electron chi connectivity index (χ0n) is 4.11. The van der Waals surface area contributed by atoms with Crippen molar-refractivity contribution in [3.05, 3.63) is 24.4 Å². The van der Waals surface area contributed by atoms with Crippen LogP contribution in [0.4, 0.5) is 0 Å². The Kier molecular flexibility index (Phi) is 2.31. The van der Waals surface area contributed by atoms with E-state index in [1.54, 1.807) is 6.20 Å². The number of nitrogens with zero attached hydrogens (tertiary/aromatic N) is 1. The van der Waals surface area contributed by atoms with Crippen LogP contribution >= 0.6 is 19.8 Å². The van der Waals surface area contributed by atoms with Crippen molar-refractivity contribution >= 4 is 19.8 Å². The average molecular weight is 141 g/mol. The van der Waals surface area contributed by atoms with Gasteiger partial charge < -0.3 is 0 Å². The molecule has 0 bridgehead atoms. The third-order valence-electron chi connectivity index (χ3n) is 0.731. The van der Waals surface area contributed by atoms with Gasteiger partial charge in [-0.3, -0.25) is 0 Å². The predicted octanol–water partition coefficient (Wildman–Crippen LogP) is 2.50. The fraction of sp³-hybridized carbons (Fsp3) is 0. The Morgan fingerprint density at radius 3 is 2.75 bits per heavy atom. The number of rotatable bonds is 1. The van der Waals surface area contributed by atoms with E-state index in [0.717, 1.165) is 5.03 Å². The van der Waals surface area contributed by atoms with Gasteiger partial charge in [-0.15, -0.1) is 0 Å². The molecule has 2 radical (unpaired) electrons. The highest BCUT2D eigenvalue weighted by Crippen LogP contribution is 2.20. The quantitative estimate of drug-likeness (QED) is 0.557. The minimum atomic E-state index is 0.941. The Bertz CT molecular complexity index is 154. The van der Waals surface area contributed by atoms with Crippen molar-refractivity contribution in [2.24, 2.45) is 0 Å². The first-order valence-corrected chi connectivity index (χ1v) is 4.03. The van der Waals surface area contributed by atoms with Crippen LogP contribution in [0.3, 0.4) is 0 Å². The highest BCUT2D eigenvalue weighted by Gasteiger charge is 1.83. The lowest BCUT2D eigenvalue weighted by Gasteiger charge is -1.87. The van der Waals surface area contributed by atoms with Crippen molar-refractivity contribution in [2.75, 3.05) is 0 Å². The maximum absolute atomic E-state index is 3.98. The molecule has 0 atom stereocenters. The van der Waals surface area contributed by atoms with Crippen LogP contribution in [0.25, 0.3) is 0 Å². The van der Waals surface area contributed by atoms with E-state index < -0.39 is 0 Å². The molecule has 0 fully saturated rings. The second-order valence-electron chi connectivity index (χ2n) is 1.26. The van der Waals surface area contributed by atoms with Gasteiger partial charge in [0.25, 0.3) is 0 Å². The molecule has 1 rings (SSSR count). The van der Waals surface area contributed by atoms with E-state index in [-0.39, 0.29) is 0 Å². The molecule has 1 aromatic heterocycles. The molecule has 3 heteroatoms.